The number of aryl methyl sites for hydroxylation is 1. The van der Waals surface area contributed by atoms with Crippen molar-refractivity contribution in [2.45, 2.75) is 32.9 Å². The first kappa shape index (κ1) is 12.5. The quantitative estimate of drug-likeness (QED) is 0.863. The van der Waals surface area contributed by atoms with Gasteiger partial charge in [0.1, 0.15) is 0 Å². The van der Waals surface area contributed by atoms with Crippen LogP contribution in [0.25, 0.3) is 0 Å². The van der Waals surface area contributed by atoms with Crippen molar-refractivity contribution >= 4 is 0 Å². The summed E-state index contributed by atoms with van der Waals surface area (Å²) < 4.78 is 7.26. The van der Waals surface area contributed by atoms with Crippen LogP contribution < -0.4 is 10.5 Å². The normalized spacial score (nSPS) is 12.4. The van der Waals surface area contributed by atoms with Gasteiger partial charge in [0.2, 0.25) is 0 Å². The summed E-state index contributed by atoms with van der Waals surface area (Å²) in [5.74, 6) is 0.636. The summed E-state index contributed by atoms with van der Waals surface area (Å²) in [6, 6.07) is 0.419. The highest BCUT2D eigenvalue weighted by Gasteiger charge is 2.04. The lowest BCUT2D eigenvalue weighted by Gasteiger charge is -2.05. The van der Waals surface area contributed by atoms with Gasteiger partial charge in [0, 0.05) is 25.0 Å². The van der Waals surface area contributed by atoms with E-state index >= 15 is 0 Å². The van der Waals surface area contributed by atoms with E-state index in [1.54, 1.807) is 29.5 Å². The summed E-state index contributed by atoms with van der Waals surface area (Å²) >= 11 is 0. The Labute approximate surface area is 106 Å². The fraction of sp³-hybridized carbons (Fsp3) is 0.417. The fourth-order valence-electron chi connectivity index (χ4n) is 1.55. The van der Waals surface area contributed by atoms with Crippen molar-refractivity contribution in [3.63, 3.8) is 0 Å². The molecule has 6 nitrogen and oxygen atoms in total. The Balaban J connectivity index is 2.01. The molecule has 2 rings (SSSR count). The SMILES string of the molecule is CCn1cc(Oc2ncc(CC(C)N)cn2)cn1. The maximum atomic E-state index is 5.71. The molecule has 6 heteroatoms. The molecule has 0 aliphatic carbocycles. The molecule has 0 radical (unpaired) electrons. The molecular weight excluding hydrogens is 230 g/mol. The van der Waals surface area contributed by atoms with Gasteiger partial charge in [-0.25, -0.2) is 9.97 Å². The molecule has 0 aromatic carbocycles. The van der Waals surface area contributed by atoms with Crippen LogP contribution in [0.15, 0.2) is 24.8 Å². The van der Waals surface area contributed by atoms with E-state index in [4.69, 9.17) is 10.5 Å². The van der Waals surface area contributed by atoms with Crippen LogP contribution in [-0.2, 0) is 13.0 Å². The molecule has 0 aliphatic heterocycles. The standard InChI is InChI=1S/C12H17N5O/c1-3-17-8-11(7-16-17)18-12-14-5-10(6-15-12)4-9(2)13/h5-9H,3-4,13H2,1-2H3. The molecule has 0 fully saturated rings. The van der Waals surface area contributed by atoms with Gasteiger partial charge in [-0.3, -0.25) is 4.68 Å². The number of hydrogen-bond acceptors (Lipinski definition) is 5. The van der Waals surface area contributed by atoms with Crippen molar-refractivity contribution in [3.05, 3.63) is 30.4 Å². The van der Waals surface area contributed by atoms with Crippen molar-refractivity contribution < 1.29 is 4.74 Å². The lowest BCUT2D eigenvalue weighted by Crippen LogP contribution is -2.17. The van der Waals surface area contributed by atoms with Gasteiger partial charge in [-0.1, -0.05) is 0 Å². The second kappa shape index (κ2) is 5.59. The van der Waals surface area contributed by atoms with E-state index in [1.165, 1.54) is 0 Å². The van der Waals surface area contributed by atoms with E-state index in [1.807, 2.05) is 13.8 Å². The summed E-state index contributed by atoms with van der Waals surface area (Å²) in [5.41, 5.74) is 6.71. The van der Waals surface area contributed by atoms with Crippen LogP contribution in [0.3, 0.4) is 0 Å². The minimum atomic E-state index is 0.100. The van der Waals surface area contributed by atoms with E-state index in [-0.39, 0.29) is 6.04 Å². The second-order valence-corrected chi connectivity index (χ2v) is 4.19. The number of ether oxygens (including phenoxy) is 1. The van der Waals surface area contributed by atoms with Gasteiger partial charge < -0.3 is 10.5 Å². The number of rotatable bonds is 5. The zero-order valence-electron chi connectivity index (χ0n) is 10.6. The maximum Gasteiger partial charge on any atom is 0.321 e. The smallest absolute Gasteiger partial charge is 0.321 e. The zero-order chi connectivity index (χ0) is 13.0. The minimum absolute atomic E-state index is 0.100. The highest BCUT2D eigenvalue weighted by molar-refractivity contribution is 5.18. The fourth-order valence-corrected chi connectivity index (χ4v) is 1.55. The summed E-state index contributed by atoms with van der Waals surface area (Å²) in [6.07, 6.45) is 7.67. The van der Waals surface area contributed by atoms with Gasteiger partial charge in [0.25, 0.3) is 0 Å². The molecule has 18 heavy (non-hydrogen) atoms. The molecule has 1 atom stereocenters. The molecule has 0 spiro atoms. The van der Waals surface area contributed by atoms with Crippen LogP contribution in [0.1, 0.15) is 19.4 Å². The van der Waals surface area contributed by atoms with Crippen LogP contribution in [0.5, 0.6) is 11.8 Å². The average molecular weight is 247 g/mol. The van der Waals surface area contributed by atoms with E-state index in [0.29, 0.717) is 11.8 Å². The van der Waals surface area contributed by atoms with Crippen LogP contribution in [0, 0.1) is 0 Å². The number of aromatic nitrogens is 4. The summed E-state index contributed by atoms with van der Waals surface area (Å²) in [5, 5.41) is 4.11. The van der Waals surface area contributed by atoms with Crippen molar-refractivity contribution in [1.82, 2.24) is 19.7 Å². The van der Waals surface area contributed by atoms with E-state index < -0.39 is 0 Å². The van der Waals surface area contributed by atoms with E-state index in [2.05, 4.69) is 15.1 Å². The van der Waals surface area contributed by atoms with Crippen LogP contribution in [0.2, 0.25) is 0 Å². The zero-order valence-corrected chi connectivity index (χ0v) is 10.6. The van der Waals surface area contributed by atoms with Crippen molar-refractivity contribution in [2.24, 2.45) is 5.73 Å². The Kier molecular flexibility index (Phi) is 3.88. The van der Waals surface area contributed by atoms with Crippen LogP contribution in [0.4, 0.5) is 0 Å². The number of nitrogens with two attached hydrogens (primary N) is 1. The minimum Gasteiger partial charge on any atom is -0.421 e. The third-order valence-corrected chi connectivity index (χ3v) is 2.38. The molecule has 0 saturated heterocycles. The Morgan fingerprint density at radius 1 is 1.33 bits per heavy atom. The first-order valence-electron chi connectivity index (χ1n) is 5.94. The van der Waals surface area contributed by atoms with Crippen LogP contribution in [-0.4, -0.2) is 25.8 Å². The molecule has 2 aromatic rings. The molecule has 1 unspecified atom stereocenters. The largest absolute Gasteiger partial charge is 0.421 e. The van der Waals surface area contributed by atoms with Gasteiger partial charge in [-0.05, 0) is 25.8 Å². The number of nitrogens with zero attached hydrogens (tertiary/aromatic N) is 4. The molecule has 96 valence electrons. The molecule has 0 aliphatic rings. The van der Waals surface area contributed by atoms with Crippen molar-refractivity contribution in [1.29, 1.82) is 0 Å². The van der Waals surface area contributed by atoms with Gasteiger partial charge >= 0.3 is 6.01 Å². The topological polar surface area (TPSA) is 78.9 Å². The molecule has 0 bridgehead atoms. The predicted molar refractivity (Wildman–Crippen MR) is 67.4 cm³/mol. The molecular formula is C12H17N5O. The molecule has 0 amide bonds. The van der Waals surface area contributed by atoms with Gasteiger partial charge in [-0.2, -0.15) is 5.10 Å². The third kappa shape index (κ3) is 3.27. The van der Waals surface area contributed by atoms with Crippen molar-refractivity contribution in [2.75, 3.05) is 0 Å². The first-order valence-corrected chi connectivity index (χ1v) is 5.94. The van der Waals surface area contributed by atoms with E-state index in [9.17, 15) is 0 Å². The molecule has 0 saturated carbocycles. The van der Waals surface area contributed by atoms with E-state index in [0.717, 1.165) is 18.5 Å². The Morgan fingerprint density at radius 2 is 2.06 bits per heavy atom. The first-order chi connectivity index (χ1) is 8.67. The molecule has 2 N–H and O–H groups in total. The lowest BCUT2D eigenvalue weighted by atomic mass is 10.1. The third-order valence-electron chi connectivity index (χ3n) is 2.38. The highest BCUT2D eigenvalue weighted by atomic mass is 16.5. The molecule has 2 aromatic heterocycles. The van der Waals surface area contributed by atoms with Crippen molar-refractivity contribution in [3.8, 4) is 11.8 Å². The number of hydrogen-bond donors (Lipinski definition) is 1. The van der Waals surface area contributed by atoms with Gasteiger partial charge in [-0.15, -0.1) is 0 Å². The van der Waals surface area contributed by atoms with Gasteiger partial charge in [0.15, 0.2) is 5.75 Å². The summed E-state index contributed by atoms with van der Waals surface area (Å²) in [7, 11) is 0. The Hall–Kier alpha value is -1.95. The molecule has 2 heterocycles. The van der Waals surface area contributed by atoms with Crippen LogP contribution >= 0.6 is 0 Å². The summed E-state index contributed by atoms with van der Waals surface area (Å²) in [6.45, 7) is 4.76. The Morgan fingerprint density at radius 3 is 2.61 bits per heavy atom. The second-order valence-electron chi connectivity index (χ2n) is 4.19. The Bertz CT molecular complexity index is 491. The monoisotopic (exact) mass is 247 g/mol. The summed E-state index contributed by atoms with van der Waals surface area (Å²) in [4.78, 5) is 8.27. The average Bonchev–Trinajstić information content (AvgIpc) is 2.79. The highest BCUT2D eigenvalue weighted by Crippen LogP contribution is 2.16. The maximum absolute atomic E-state index is 5.71. The lowest BCUT2D eigenvalue weighted by molar-refractivity contribution is 0.439. The van der Waals surface area contributed by atoms with Gasteiger partial charge in [0.05, 0.1) is 12.4 Å². The predicted octanol–water partition coefficient (Wildman–Crippen LogP) is 1.38.